The Bertz CT molecular complexity index is 922. The average molecular weight is 383 g/mol. The van der Waals surface area contributed by atoms with Crippen LogP contribution in [0.1, 0.15) is 52.2 Å². The highest BCUT2D eigenvalue weighted by atomic mass is 16.5. The molecule has 1 aromatic heterocycles. The minimum Gasteiger partial charge on any atom is -0.505 e. The van der Waals surface area contributed by atoms with Crippen LogP contribution in [0, 0.1) is 0 Å². The second-order valence-electron chi connectivity index (χ2n) is 7.32. The SMILES string of the molecule is CC.COC(=O)CCc1cc(-n2nc3ccccc3n2)c(O)c(C(C)(C)C)c1. The zero-order valence-corrected chi connectivity index (χ0v) is 17.5. The number of benzene rings is 2. The number of carbonyl (C=O) groups is 1. The third-order valence-corrected chi connectivity index (χ3v) is 4.31. The normalized spacial score (nSPS) is 11.1. The van der Waals surface area contributed by atoms with Gasteiger partial charge in [-0.3, -0.25) is 4.79 Å². The van der Waals surface area contributed by atoms with Crippen molar-refractivity contribution >= 4 is 17.0 Å². The van der Waals surface area contributed by atoms with E-state index in [4.69, 9.17) is 4.74 Å². The van der Waals surface area contributed by atoms with Gasteiger partial charge in [0.05, 0.1) is 7.11 Å². The molecule has 0 fully saturated rings. The van der Waals surface area contributed by atoms with Crippen LogP contribution in [0.2, 0.25) is 0 Å². The number of esters is 1. The van der Waals surface area contributed by atoms with E-state index in [1.807, 2.05) is 71.0 Å². The summed E-state index contributed by atoms with van der Waals surface area (Å²) in [6.45, 7) is 10.1. The number of phenols is 1. The van der Waals surface area contributed by atoms with Gasteiger partial charge in [-0.25, -0.2) is 0 Å². The Hall–Kier alpha value is -2.89. The quantitative estimate of drug-likeness (QED) is 0.669. The molecule has 0 atom stereocenters. The average Bonchev–Trinajstić information content (AvgIpc) is 3.11. The molecule has 2 aromatic carbocycles. The molecule has 6 nitrogen and oxygen atoms in total. The molecule has 0 spiro atoms. The summed E-state index contributed by atoms with van der Waals surface area (Å²) in [6, 6.07) is 11.3. The van der Waals surface area contributed by atoms with Gasteiger partial charge in [0.2, 0.25) is 0 Å². The van der Waals surface area contributed by atoms with Crippen molar-refractivity contribution in [1.82, 2.24) is 15.0 Å². The summed E-state index contributed by atoms with van der Waals surface area (Å²) in [6.07, 6.45) is 0.794. The Balaban J connectivity index is 0.00000136. The van der Waals surface area contributed by atoms with Gasteiger partial charge in [0.15, 0.2) is 0 Å². The Morgan fingerprint density at radius 1 is 1.11 bits per heavy atom. The molecule has 0 radical (unpaired) electrons. The molecule has 0 aliphatic rings. The van der Waals surface area contributed by atoms with Crippen LogP contribution in [0.25, 0.3) is 16.7 Å². The van der Waals surface area contributed by atoms with Gasteiger partial charge in [-0.2, -0.15) is 0 Å². The van der Waals surface area contributed by atoms with E-state index < -0.39 is 0 Å². The van der Waals surface area contributed by atoms with E-state index in [9.17, 15) is 9.90 Å². The minimum absolute atomic E-state index is 0.152. The lowest BCUT2D eigenvalue weighted by Gasteiger charge is -2.23. The molecule has 3 aromatic rings. The van der Waals surface area contributed by atoms with Gasteiger partial charge in [0, 0.05) is 12.0 Å². The maximum absolute atomic E-state index is 11.5. The van der Waals surface area contributed by atoms with Crippen LogP contribution in [-0.4, -0.2) is 33.2 Å². The summed E-state index contributed by atoms with van der Waals surface area (Å²) in [5, 5.41) is 19.8. The van der Waals surface area contributed by atoms with Gasteiger partial charge in [0.25, 0.3) is 0 Å². The lowest BCUT2D eigenvalue weighted by molar-refractivity contribution is -0.140. The van der Waals surface area contributed by atoms with Crippen molar-refractivity contribution in [2.45, 2.75) is 52.9 Å². The lowest BCUT2D eigenvalue weighted by atomic mass is 9.84. The molecule has 0 amide bonds. The molecule has 0 saturated carbocycles. The highest BCUT2D eigenvalue weighted by molar-refractivity contribution is 5.74. The number of ether oxygens (including phenoxy) is 1. The van der Waals surface area contributed by atoms with E-state index in [-0.39, 0.29) is 23.6 Å². The lowest BCUT2D eigenvalue weighted by Crippen LogP contribution is -2.14. The van der Waals surface area contributed by atoms with Crippen molar-refractivity contribution in [2.75, 3.05) is 7.11 Å². The second kappa shape index (κ2) is 8.87. The van der Waals surface area contributed by atoms with Crippen molar-refractivity contribution in [1.29, 1.82) is 0 Å². The number of hydrogen-bond donors (Lipinski definition) is 1. The molecule has 1 N–H and O–H groups in total. The number of phenolic OH excluding ortho intramolecular Hbond substituents is 1. The first-order valence-electron chi connectivity index (χ1n) is 9.55. The number of hydrogen-bond acceptors (Lipinski definition) is 5. The van der Waals surface area contributed by atoms with E-state index in [0.29, 0.717) is 12.1 Å². The maximum Gasteiger partial charge on any atom is 0.305 e. The minimum atomic E-state index is -0.271. The predicted octanol–water partition coefficient (Wildman–Crippen LogP) is 4.56. The Labute approximate surface area is 166 Å². The molecule has 0 unspecified atom stereocenters. The highest BCUT2D eigenvalue weighted by Gasteiger charge is 2.23. The number of methoxy groups -OCH3 is 1. The second-order valence-corrected chi connectivity index (χ2v) is 7.32. The fourth-order valence-corrected chi connectivity index (χ4v) is 2.86. The van der Waals surface area contributed by atoms with Crippen molar-refractivity contribution in [3.63, 3.8) is 0 Å². The number of aryl methyl sites for hydroxylation is 1. The van der Waals surface area contributed by atoms with Gasteiger partial charge in [-0.05, 0) is 35.6 Å². The van der Waals surface area contributed by atoms with E-state index in [0.717, 1.165) is 22.2 Å². The van der Waals surface area contributed by atoms with E-state index in [2.05, 4.69) is 10.2 Å². The van der Waals surface area contributed by atoms with Gasteiger partial charge in [0.1, 0.15) is 22.5 Å². The fourth-order valence-electron chi connectivity index (χ4n) is 2.86. The van der Waals surface area contributed by atoms with Crippen molar-refractivity contribution in [2.24, 2.45) is 0 Å². The largest absolute Gasteiger partial charge is 0.505 e. The Kier molecular flexibility index (Phi) is 6.78. The summed E-state index contributed by atoms with van der Waals surface area (Å²) < 4.78 is 4.73. The van der Waals surface area contributed by atoms with Crippen LogP contribution >= 0.6 is 0 Å². The highest BCUT2D eigenvalue weighted by Crippen LogP contribution is 2.36. The predicted molar refractivity (Wildman–Crippen MR) is 111 cm³/mol. The first-order chi connectivity index (χ1) is 13.3. The summed E-state index contributed by atoms with van der Waals surface area (Å²) in [5.74, 6) is -0.112. The number of fused-ring (bicyclic) bond motifs is 1. The van der Waals surface area contributed by atoms with E-state index >= 15 is 0 Å². The zero-order valence-electron chi connectivity index (χ0n) is 17.5. The standard InChI is InChI=1S/C20H23N3O3.C2H6/c1-20(2,3)14-11-13(9-10-18(24)26-4)12-17(19(14)25)23-21-15-7-5-6-8-16(15)22-23;1-2/h5-8,11-12,25H,9-10H2,1-4H3;1-2H3. The number of nitrogens with zero attached hydrogens (tertiary/aromatic N) is 3. The fraction of sp³-hybridized carbons (Fsp3) is 0.409. The number of rotatable bonds is 4. The van der Waals surface area contributed by atoms with Crippen LogP contribution < -0.4 is 0 Å². The summed E-state index contributed by atoms with van der Waals surface area (Å²) in [4.78, 5) is 13.0. The molecule has 0 aliphatic carbocycles. The van der Waals surface area contributed by atoms with Crippen LogP contribution in [0.5, 0.6) is 5.75 Å². The zero-order chi connectivity index (χ0) is 20.9. The van der Waals surface area contributed by atoms with E-state index in [1.165, 1.54) is 11.9 Å². The van der Waals surface area contributed by atoms with Crippen LogP contribution in [0.15, 0.2) is 36.4 Å². The Morgan fingerprint density at radius 2 is 1.68 bits per heavy atom. The van der Waals surface area contributed by atoms with Gasteiger partial charge in [-0.1, -0.05) is 52.8 Å². The third kappa shape index (κ3) is 4.68. The summed E-state index contributed by atoms with van der Waals surface area (Å²) in [5.41, 5.74) is 3.46. The molecule has 1 heterocycles. The monoisotopic (exact) mass is 383 g/mol. The number of aromatic hydroxyl groups is 1. The molecule has 28 heavy (non-hydrogen) atoms. The Morgan fingerprint density at radius 3 is 2.18 bits per heavy atom. The van der Waals surface area contributed by atoms with Gasteiger partial charge >= 0.3 is 5.97 Å². The van der Waals surface area contributed by atoms with Crippen LogP contribution in [-0.2, 0) is 21.4 Å². The number of carbonyl (C=O) groups excluding carboxylic acids is 1. The molecular weight excluding hydrogens is 354 g/mol. The van der Waals surface area contributed by atoms with Gasteiger partial charge < -0.3 is 9.84 Å². The summed E-state index contributed by atoms with van der Waals surface area (Å²) >= 11 is 0. The number of aromatic nitrogens is 3. The van der Waals surface area contributed by atoms with Crippen molar-refractivity contribution in [3.05, 3.63) is 47.5 Å². The summed E-state index contributed by atoms with van der Waals surface area (Å²) in [7, 11) is 1.38. The third-order valence-electron chi connectivity index (χ3n) is 4.31. The molecule has 150 valence electrons. The molecular formula is C22H29N3O3. The van der Waals surface area contributed by atoms with Crippen molar-refractivity contribution < 1.29 is 14.6 Å². The first kappa shape index (κ1) is 21.4. The van der Waals surface area contributed by atoms with Crippen molar-refractivity contribution in [3.8, 4) is 11.4 Å². The maximum atomic E-state index is 11.5. The molecule has 6 heteroatoms. The first-order valence-corrected chi connectivity index (χ1v) is 9.55. The van der Waals surface area contributed by atoms with Crippen LogP contribution in [0.3, 0.4) is 0 Å². The van der Waals surface area contributed by atoms with Crippen LogP contribution in [0.4, 0.5) is 0 Å². The molecule has 0 aliphatic heterocycles. The topological polar surface area (TPSA) is 77.2 Å². The molecule has 0 bridgehead atoms. The smallest absolute Gasteiger partial charge is 0.305 e. The molecule has 0 saturated heterocycles. The van der Waals surface area contributed by atoms with Gasteiger partial charge in [-0.15, -0.1) is 15.0 Å². The molecule has 3 rings (SSSR count). The van der Waals surface area contributed by atoms with E-state index in [1.54, 1.807) is 0 Å².